The van der Waals surface area contributed by atoms with Gasteiger partial charge in [0.25, 0.3) is 0 Å². The maximum atomic E-state index is 11.5. The maximum absolute atomic E-state index is 11.5. The molecule has 1 fully saturated rings. The van der Waals surface area contributed by atoms with Crippen molar-refractivity contribution < 1.29 is 14.3 Å². The summed E-state index contributed by atoms with van der Waals surface area (Å²) in [5, 5.41) is 3.15. The van der Waals surface area contributed by atoms with Gasteiger partial charge in [0, 0.05) is 13.7 Å². The van der Waals surface area contributed by atoms with Crippen LogP contribution >= 0.6 is 0 Å². The van der Waals surface area contributed by atoms with E-state index in [1.807, 2.05) is 6.92 Å². The highest BCUT2D eigenvalue weighted by molar-refractivity contribution is 5.77. The predicted octanol–water partition coefficient (Wildman–Crippen LogP) is 0.176. The Bertz CT molecular complexity index is 176. The molecular formula is C9H17NO3. The van der Waals surface area contributed by atoms with E-state index in [1.165, 1.54) is 0 Å². The second-order valence-electron chi connectivity index (χ2n) is 3.62. The molecule has 1 aliphatic heterocycles. The lowest BCUT2D eigenvalue weighted by Gasteiger charge is -2.19. The first-order valence-electron chi connectivity index (χ1n) is 4.56. The van der Waals surface area contributed by atoms with Gasteiger partial charge in [0.1, 0.15) is 6.61 Å². The highest BCUT2D eigenvalue weighted by atomic mass is 16.6. The summed E-state index contributed by atoms with van der Waals surface area (Å²) >= 11 is 0. The largest absolute Gasteiger partial charge is 0.463 e. The highest BCUT2D eigenvalue weighted by Crippen LogP contribution is 2.25. The number of carbonyl (C=O) groups is 1. The summed E-state index contributed by atoms with van der Waals surface area (Å²) in [4.78, 5) is 11.5. The molecule has 76 valence electrons. The van der Waals surface area contributed by atoms with E-state index in [-0.39, 0.29) is 11.4 Å². The Morgan fingerprint density at radius 2 is 2.31 bits per heavy atom. The molecule has 1 N–H and O–H groups in total. The minimum absolute atomic E-state index is 0.116. The molecule has 4 nitrogen and oxygen atoms in total. The van der Waals surface area contributed by atoms with E-state index in [1.54, 1.807) is 7.11 Å². The van der Waals surface area contributed by atoms with Gasteiger partial charge in [0.2, 0.25) is 0 Å². The molecule has 4 heteroatoms. The average Bonchev–Trinajstić information content (AvgIpc) is 2.54. The molecule has 0 aromatic rings. The molecule has 13 heavy (non-hydrogen) atoms. The van der Waals surface area contributed by atoms with E-state index in [2.05, 4.69) is 5.32 Å². The van der Waals surface area contributed by atoms with Crippen LogP contribution in [0.25, 0.3) is 0 Å². The first-order chi connectivity index (χ1) is 6.19. The number of hydrogen-bond acceptors (Lipinski definition) is 4. The third-order valence-electron chi connectivity index (χ3n) is 2.38. The Morgan fingerprint density at radius 3 is 2.85 bits per heavy atom. The fourth-order valence-electron chi connectivity index (χ4n) is 1.38. The van der Waals surface area contributed by atoms with Crippen molar-refractivity contribution in [2.45, 2.75) is 13.3 Å². The first kappa shape index (κ1) is 10.5. The average molecular weight is 187 g/mol. The van der Waals surface area contributed by atoms with Crippen LogP contribution in [0.2, 0.25) is 0 Å². The van der Waals surface area contributed by atoms with Gasteiger partial charge in [0.15, 0.2) is 0 Å². The van der Waals surface area contributed by atoms with Crippen molar-refractivity contribution in [2.24, 2.45) is 5.41 Å². The van der Waals surface area contributed by atoms with E-state index in [9.17, 15) is 4.79 Å². The molecule has 0 spiro atoms. The second kappa shape index (κ2) is 4.58. The van der Waals surface area contributed by atoms with Gasteiger partial charge < -0.3 is 14.8 Å². The smallest absolute Gasteiger partial charge is 0.313 e. The van der Waals surface area contributed by atoms with Gasteiger partial charge in [-0.25, -0.2) is 0 Å². The van der Waals surface area contributed by atoms with Crippen LogP contribution in [0.5, 0.6) is 0 Å². The molecule has 0 radical (unpaired) electrons. The fourth-order valence-corrected chi connectivity index (χ4v) is 1.38. The minimum atomic E-state index is -0.326. The van der Waals surface area contributed by atoms with Crippen molar-refractivity contribution in [1.82, 2.24) is 5.32 Å². The number of ether oxygens (including phenoxy) is 2. The Hall–Kier alpha value is -0.610. The number of nitrogens with one attached hydrogen (secondary N) is 1. The SMILES string of the molecule is COCCOC(=O)C1(C)CCNC1. The Kier molecular flexibility index (Phi) is 3.69. The molecule has 1 heterocycles. The lowest BCUT2D eigenvalue weighted by atomic mass is 9.90. The van der Waals surface area contributed by atoms with Crippen molar-refractivity contribution in [1.29, 1.82) is 0 Å². The minimum Gasteiger partial charge on any atom is -0.463 e. The number of carbonyl (C=O) groups excluding carboxylic acids is 1. The van der Waals surface area contributed by atoms with E-state index in [4.69, 9.17) is 9.47 Å². The molecule has 0 aliphatic carbocycles. The van der Waals surface area contributed by atoms with Crippen LogP contribution in [0, 0.1) is 5.41 Å². The van der Waals surface area contributed by atoms with Gasteiger partial charge in [-0.2, -0.15) is 0 Å². The van der Waals surface area contributed by atoms with Crippen LogP contribution in [-0.2, 0) is 14.3 Å². The lowest BCUT2D eigenvalue weighted by molar-refractivity contribution is -0.155. The van der Waals surface area contributed by atoms with Gasteiger partial charge in [0.05, 0.1) is 12.0 Å². The second-order valence-corrected chi connectivity index (χ2v) is 3.62. The summed E-state index contributed by atoms with van der Waals surface area (Å²) in [6.07, 6.45) is 0.860. The Labute approximate surface area is 78.6 Å². The van der Waals surface area contributed by atoms with Gasteiger partial charge in [-0.3, -0.25) is 4.79 Å². The molecule has 1 atom stereocenters. The van der Waals surface area contributed by atoms with E-state index in [0.717, 1.165) is 19.5 Å². The van der Waals surface area contributed by atoms with Crippen molar-refractivity contribution in [3.63, 3.8) is 0 Å². The van der Waals surface area contributed by atoms with E-state index >= 15 is 0 Å². The summed E-state index contributed by atoms with van der Waals surface area (Å²) in [7, 11) is 1.59. The van der Waals surface area contributed by atoms with Crippen LogP contribution in [0.1, 0.15) is 13.3 Å². The Balaban J connectivity index is 2.29. The summed E-state index contributed by atoms with van der Waals surface area (Å²) < 4.78 is 9.86. The summed E-state index contributed by atoms with van der Waals surface area (Å²) in [6, 6.07) is 0. The third-order valence-corrected chi connectivity index (χ3v) is 2.38. The van der Waals surface area contributed by atoms with Crippen molar-refractivity contribution >= 4 is 5.97 Å². The standard InChI is InChI=1S/C9H17NO3/c1-9(3-4-10-7-9)8(11)13-6-5-12-2/h10H,3-7H2,1-2H3. The van der Waals surface area contributed by atoms with E-state index < -0.39 is 0 Å². The zero-order valence-electron chi connectivity index (χ0n) is 8.26. The van der Waals surface area contributed by atoms with Gasteiger partial charge in [-0.1, -0.05) is 0 Å². The van der Waals surface area contributed by atoms with Crippen LogP contribution in [0.4, 0.5) is 0 Å². The normalized spacial score (nSPS) is 27.5. The van der Waals surface area contributed by atoms with E-state index in [0.29, 0.717) is 13.2 Å². The highest BCUT2D eigenvalue weighted by Gasteiger charge is 2.37. The van der Waals surface area contributed by atoms with Gasteiger partial charge in [-0.05, 0) is 19.9 Å². The predicted molar refractivity (Wildman–Crippen MR) is 48.4 cm³/mol. The van der Waals surface area contributed by atoms with Crippen LogP contribution in [0.3, 0.4) is 0 Å². The fraction of sp³-hybridized carbons (Fsp3) is 0.889. The number of esters is 1. The molecule has 1 saturated heterocycles. The van der Waals surface area contributed by atoms with Crippen molar-refractivity contribution in [2.75, 3.05) is 33.4 Å². The van der Waals surface area contributed by atoms with Crippen LogP contribution in [-0.4, -0.2) is 39.4 Å². The molecule has 0 aromatic heterocycles. The topological polar surface area (TPSA) is 47.6 Å². The number of methoxy groups -OCH3 is 1. The molecule has 0 saturated carbocycles. The molecule has 0 aromatic carbocycles. The molecule has 1 unspecified atom stereocenters. The Morgan fingerprint density at radius 1 is 1.54 bits per heavy atom. The van der Waals surface area contributed by atoms with Crippen LogP contribution in [0.15, 0.2) is 0 Å². The van der Waals surface area contributed by atoms with Crippen LogP contribution < -0.4 is 5.32 Å². The van der Waals surface area contributed by atoms with Crippen molar-refractivity contribution in [3.8, 4) is 0 Å². The van der Waals surface area contributed by atoms with Gasteiger partial charge >= 0.3 is 5.97 Å². The summed E-state index contributed by atoms with van der Waals surface area (Å²) in [5.41, 5.74) is -0.326. The zero-order chi connectivity index (χ0) is 9.73. The summed E-state index contributed by atoms with van der Waals surface area (Å²) in [6.45, 7) is 4.37. The third kappa shape index (κ3) is 2.67. The molecule has 1 rings (SSSR count). The lowest BCUT2D eigenvalue weighted by Crippen LogP contribution is -2.32. The molecule has 1 aliphatic rings. The monoisotopic (exact) mass is 187 g/mol. The molecular weight excluding hydrogens is 170 g/mol. The number of rotatable bonds is 4. The maximum Gasteiger partial charge on any atom is 0.313 e. The first-order valence-corrected chi connectivity index (χ1v) is 4.56. The quantitative estimate of drug-likeness (QED) is 0.503. The summed E-state index contributed by atoms with van der Waals surface area (Å²) in [5.74, 6) is -0.116. The molecule has 0 bridgehead atoms. The van der Waals surface area contributed by atoms with Crippen molar-refractivity contribution in [3.05, 3.63) is 0 Å². The molecule has 0 amide bonds. The number of hydrogen-bond donors (Lipinski definition) is 1. The van der Waals surface area contributed by atoms with Gasteiger partial charge in [-0.15, -0.1) is 0 Å². The zero-order valence-corrected chi connectivity index (χ0v) is 8.26.